The minimum atomic E-state index is 0.352. The average Bonchev–Trinajstić information content (AvgIpc) is 2.57. The summed E-state index contributed by atoms with van der Waals surface area (Å²) in [6.07, 6.45) is 8.17. The summed E-state index contributed by atoms with van der Waals surface area (Å²) in [4.78, 5) is 0. The highest BCUT2D eigenvalue weighted by molar-refractivity contribution is 4.92. The fourth-order valence-electron chi connectivity index (χ4n) is 3.25. The van der Waals surface area contributed by atoms with Gasteiger partial charge < -0.3 is 10.6 Å². The van der Waals surface area contributed by atoms with Crippen LogP contribution in [-0.4, -0.2) is 24.7 Å². The van der Waals surface area contributed by atoms with E-state index in [0.717, 1.165) is 12.6 Å². The summed E-state index contributed by atoms with van der Waals surface area (Å²) in [5, 5.41) is 7.46. The molecule has 0 aromatic carbocycles. The van der Waals surface area contributed by atoms with E-state index >= 15 is 0 Å². The first-order valence-corrected chi connectivity index (χ1v) is 6.98. The molecule has 1 aliphatic carbocycles. The predicted molar refractivity (Wildman–Crippen MR) is 69.7 cm³/mol. The summed E-state index contributed by atoms with van der Waals surface area (Å²) in [6.45, 7) is 9.52. The van der Waals surface area contributed by atoms with Crippen LogP contribution in [0.1, 0.15) is 59.3 Å². The van der Waals surface area contributed by atoms with Crippen LogP contribution < -0.4 is 10.6 Å². The summed E-state index contributed by atoms with van der Waals surface area (Å²) in [5.74, 6) is 0. The molecular formula is C14H28N2. The van der Waals surface area contributed by atoms with Crippen molar-refractivity contribution in [1.82, 2.24) is 10.6 Å². The highest BCUT2D eigenvalue weighted by atomic mass is 15.0. The van der Waals surface area contributed by atoms with E-state index in [-0.39, 0.29) is 0 Å². The molecule has 0 radical (unpaired) electrons. The molecule has 1 heterocycles. The minimum Gasteiger partial charge on any atom is -0.312 e. The van der Waals surface area contributed by atoms with E-state index in [1.165, 1.54) is 45.1 Å². The average molecular weight is 224 g/mol. The SMILES string of the molecule is CC1(C)CCC(NCC2(C)CCCCN2)C1. The monoisotopic (exact) mass is 224 g/mol. The highest BCUT2D eigenvalue weighted by Gasteiger charge is 2.32. The first-order valence-electron chi connectivity index (χ1n) is 6.98. The second-order valence-electron chi connectivity index (χ2n) is 6.93. The summed E-state index contributed by atoms with van der Waals surface area (Å²) in [5.41, 5.74) is 0.920. The molecule has 2 aliphatic rings. The van der Waals surface area contributed by atoms with E-state index in [1.807, 2.05) is 0 Å². The molecule has 2 rings (SSSR count). The van der Waals surface area contributed by atoms with Gasteiger partial charge in [0.2, 0.25) is 0 Å². The molecular weight excluding hydrogens is 196 g/mol. The van der Waals surface area contributed by atoms with Gasteiger partial charge in [0.1, 0.15) is 0 Å². The molecule has 0 aromatic heterocycles. The van der Waals surface area contributed by atoms with Crippen molar-refractivity contribution in [3.8, 4) is 0 Å². The van der Waals surface area contributed by atoms with Gasteiger partial charge in [-0.05, 0) is 51.0 Å². The Balaban J connectivity index is 1.75. The molecule has 2 heteroatoms. The number of rotatable bonds is 3. The molecule has 0 amide bonds. The van der Waals surface area contributed by atoms with Crippen molar-refractivity contribution < 1.29 is 0 Å². The Morgan fingerprint density at radius 1 is 1.19 bits per heavy atom. The first-order chi connectivity index (χ1) is 7.49. The van der Waals surface area contributed by atoms with E-state index in [9.17, 15) is 0 Å². The zero-order chi connectivity index (χ0) is 11.6. The van der Waals surface area contributed by atoms with Crippen LogP contribution in [0.25, 0.3) is 0 Å². The van der Waals surface area contributed by atoms with Gasteiger partial charge in [0.25, 0.3) is 0 Å². The fraction of sp³-hybridized carbons (Fsp3) is 1.00. The smallest absolute Gasteiger partial charge is 0.0278 e. The summed E-state index contributed by atoms with van der Waals surface area (Å²) in [7, 11) is 0. The first kappa shape index (κ1) is 12.4. The van der Waals surface area contributed by atoms with E-state index < -0.39 is 0 Å². The maximum absolute atomic E-state index is 3.78. The molecule has 2 nitrogen and oxygen atoms in total. The van der Waals surface area contributed by atoms with Crippen molar-refractivity contribution in [1.29, 1.82) is 0 Å². The molecule has 1 saturated carbocycles. The standard InChI is InChI=1S/C14H28N2/c1-13(2)8-6-12(10-13)15-11-14(3)7-4-5-9-16-14/h12,15-16H,4-11H2,1-3H3. The normalized spacial score (nSPS) is 38.8. The Morgan fingerprint density at radius 2 is 2.00 bits per heavy atom. The van der Waals surface area contributed by atoms with Crippen LogP contribution in [0.5, 0.6) is 0 Å². The topological polar surface area (TPSA) is 24.1 Å². The van der Waals surface area contributed by atoms with Gasteiger partial charge in [-0.15, -0.1) is 0 Å². The fourth-order valence-corrected chi connectivity index (χ4v) is 3.25. The maximum Gasteiger partial charge on any atom is 0.0278 e. The zero-order valence-corrected chi connectivity index (χ0v) is 11.2. The third-order valence-corrected chi connectivity index (χ3v) is 4.46. The molecule has 2 fully saturated rings. The summed E-state index contributed by atoms with van der Waals surface area (Å²) in [6, 6.07) is 0.760. The summed E-state index contributed by atoms with van der Waals surface area (Å²) < 4.78 is 0. The largest absolute Gasteiger partial charge is 0.312 e. The van der Waals surface area contributed by atoms with Crippen LogP contribution in [0.3, 0.4) is 0 Å². The number of nitrogens with one attached hydrogen (secondary N) is 2. The second kappa shape index (κ2) is 4.66. The zero-order valence-electron chi connectivity index (χ0n) is 11.2. The number of hydrogen-bond acceptors (Lipinski definition) is 2. The quantitative estimate of drug-likeness (QED) is 0.770. The van der Waals surface area contributed by atoms with Gasteiger partial charge in [0.05, 0.1) is 0 Å². The van der Waals surface area contributed by atoms with Gasteiger partial charge in [0.15, 0.2) is 0 Å². The summed E-state index contributed by atoms with van der Waals surface area (Å²) >= 11 is 0. The molecule has 94 valence electrons. The van der Waals surface area contributed by atoms with Crippen LogP contribution in [-0.2, 0) is 0 Å². The van der Waals surface area contributed by atoms with Crippen molar-refractivity contribution in [3.63, 3.8) is 0 Å². The van der Waals surface area contributed by atoms with E-state index in [0.29, 0.717) is 11.0 Å². The molecule has 0 bridgehead atoms. The molecule has 0 aromatic rings. The van der Waals surface area contributed by atoms with Crippen molar-refractivity contribution >= 4 is 0 Å². The third kappa shape index (κ3) is 3.21. The van der Waals surface area contributed by atoms with Gasteiger partial charge in [0, 0.05) is 18.1 Å². The lowest BCUT2D eigenvalue weighted by atomic mass is 9.90. The van der Waals surface area contributed by atoms with Crippen LogP contribution in [0.2, 0.25) is 0 Å². The molecule has 1 aliphatic heterocycles. The Labute approximate surface area is 101 Å². The Morgan fingerprint density at radius 3 is 2.56 bits per heavy atom. The number of hydrogen-bond donors (Lipinski definition) is 2. The van der Waals surface area contributed by atoms with Gasteiger partial charge in [-0.25, -0.2) is 0 Å². The van der Waals surface area contributed by atoms with E-state index in [4.69, 9.17) is 0 Å². The number of piperidine rings is 1. The van der Waals surface area contributed by atoms with Crippen molar-refractivity contribution in [2.24, 2.45) is 5.41 Å². The molecule has 16 heavy (non-hydrogen) atoms. The second-order valence-corrected chi connectivity index (χ2v) is 6.93. The lowest BCUT2D eigenvalue weighted by Gasteiger charge is -2.36. The minimum absolute atomic E-state index is 0.352. The van der Waals surface area contributed by atoms with E-state index in [2.05, 4.69) is 31.4 Å². The van der Waals surface area contributed by atoms with Gasteiger partial charge >= 0.3 is 0 Å². The highest BCUT2D eigenvalue weighted by Crippen LogP contribution is 2.37. The van der Waals surface area contributed by atoms with Crippen LogP contribution in [0.15, 0.2) is 0 Å². The van der Waals surface area contributed by atoms with Crippen molar-refractivity contribution in [3.05, 3.63) is 0 Å². The molecule has 1 saturated heterocycles. The molecule has 0 spiro atoms. The van der Waals surface area contributed by atoms with Crippen LogP contribution >= 0.6 is 0 Å². The molecule has 2 N–H and O–H groups in total. The lowest BCUT2D eigenvalue weighted by molar-refractivity contribution is 0.254. The third-order valence-electron chi connectivity index (χ3n) is 4.46. The Kier molecular flexibility index (Phi) is 3.60. The molecule has 2 unspecified atom stereocenters. The molecule has 2 atom stereocenters. The van der Waals surface area contributed by atoms with Crippen LogP contribution in [0.4, 0.5) is 0 Å². The van der Waals surface area contributed by atoms with Gasteiger partial charge in [-0.3, -0.25) is 0 Å². The van der Waals surface area contributed by atoms with Gasteiger partial charge in [-0.1, -0.05) is 20.3 Å². The predicted octanol–water partition coefficient (Wildman–Crippen LogP) is 2.69. The van der Waals surface area contributed by atoms with Gasteiger partial charge in [-0.2, -0.15) is 0 Å². The maximum atomic E-state index is 3.78. The Hall–Kier alpha value is -0.0800. The van der Waals surface area contributed by atoms with Crippen molar-refractivity contribution in [2.75, 3.05) is 13.1 Å². The Bertz CT molecular complexity index is 229. The lowest BCUT2D eigenvalue weighted by Crippen LogP contribution is -2.54. The van der Waals surface area contributed by atoms with Crippen LogP contribution in [0, 0.1) is 5.41 Å². The van der Waals surface area contributed by atoms with Crippen molar-refractivity contribution in [2.45, 2.75) is 70.9 Å². The van der Waals surface area contributed by atoms with E-state index in [1.54, 1.807) is 0 Å².